The van der Waals surface area contributed by atoms with Gasteiger partial charge in [0.1, 0.15) is 7.05 Å². The zero-order valence-corrected chi connectivity index (χ0v) is 16.3. The van der Waals surface area contributed by atoms with Crippen LogP contribution in [0.4, 0.5) is 0 Å². The Morgan fingerprint density at radius 3 is 2.60 bits per heavy atom. The van der Waals surface area contributed by atoms with E-state index in [4.69, 9.17) is 1.37 Å². The highest BCUT2D eigenvalue weighted by Gasteiger charge is 2.20. The Bertz CT molecular complexity index is 1150. The van der Waals surface area contributed by atoms with Gasteiger partial charge in [0.2, 0.25) is 5.69 Å². The maximum Gasteiger partial charge on any atom is 0.220 e. The zero-order chi connectivity index (χ0) is 18.6. The van der Waals surface area contributed by atoms with Gasteiger partial charge in [-0.2, -0.15) is 4.57 Å². The second-order valence-electron chi connectivity index (χ2n) is 7.20. The van der Waals surface area contributed by atoms with Gasteiger partial charge in [-0.05, 0) is 64.4 Å². The molecule has 0 aliphatic carbocycles. The van der Waals surface area contributed by atoms with Gasteiger partial charge in [0.05, 0.1) is 12.3 Å². The second kappa shape index (κ2) is 5.96. The molecule has 0 radical (unpaired) electrons. The van der Waals surface area contributed by atoms with Gasteiger partial charge in [-0.3, -0.25) is 0 Å². The Labute approximate surface area is 155 Å². The smallest absolute Gasteiger partial charge is 0.198 e. The van der Waals surface area contributed by atoms with Crippen LogP contribution in [0.1, 0.15) is 38.0 Å². The van der Waals surface area contributed by atoms with Crippen LogP contribution in [-0.2, 0) is 7.05 Å². The number of benzene rings is 2. The van der Waals surface area contributed by atoms with Gasteiger partial charge in [0.15, 0.2) is 5.69 Å². The van der Waals surface area contributed by atoms with E-state index in [0.29, 0.717) is 12.0 Å². The number of fused-ring (bicyclic) bond motifs is 2. The van der Waals surface area contributed by atoms with Crippen molar-refractivity contribution in [3.8, 4) is 11.3 Å². The summed E-state index contributed by atoms with van der Waals surface area (Å²) in [6.45, 7) is 8.64. The van der Waals surface area contributed by atoms with Gasteiger partial charge in [0.25, 0.3) is 0 Å². The van der Waals surface area contributed by atoms with Crippen molar-refractivity contribution in [2.75, 3.05) is 0 Å². The quantitative estimate of drug-likeness (QED) is 0.375. The molecule has 0 aliphatic rings. The van der Waals surface area contributed by atoms with E-state index in [-0.39, 0.29) is 0 Å². The lowest BCUT2D eigenvalue weighted by Gasteiger charge is -2.12. The number of thiophene rings is 1. The maximum absolute atomic E-state index is 8.67. The predicted molar refractivity (Wildman–Crippen MR) is 110 cm³/mol. The standard InChI is InChI=1S/C23H24NS/c1-14(2)17-6-7-20-19(12-17)11-16(4)24(5)23(20)21-13-22-18(8-9-25-22)10-15(21)3/h6-14H,1-5H3/q+1/i11D. The van der Waals surface area contributed by atoms with E-state index in [0.717, 1.165) is 16.5 Å². The van der Waals surface area contributed by atoms with Crippen molar-refractivity contribution in [1.29, 1.82) is 0 Å². The first-order valence-electron chi connectivity index (χ1n) is 9.29. The molecule has 0 spiro atoms. The molecule has 0 saturated heterocycles. The molecule has 4 rings (SSSR count). The first-order chi connectivity index (χ1) is 12.4. The van der Waals surface area contributed by atoms with E-state index >= 15 is 0 Å². The van der Waals surface area contributed by atoms with Gasteiger partial charge in [0, 0.05) is 17.7 Å². The number of aromatic nitrogens is 1. The van der Waals surface area contributed by atoms with Crippen LogP contribution in [0.5, 0.6) is 0 Å². The summed E-state index contributed by atoms with van der Waals surface area (Å²) >= 11 is 1.78. The molecule has 0 fully saturated rings. The molecule has 0 atom stereocenters. The highest BCUT2D eigenvalue weighted by atomic mass is 32.1. The first-order valence-corrected chi connectivity index (χ1v) is 9.67. The molecule has 2 heteroatoms. The summed E-state index contributed by atoms with van der Waals surface area (Å²) in [6.07, 6.45) is 0. The molecule has 0 bridgehead atoms. The fraction of sp³-hybridized carbons (Fsp3) is 0.261. The van der Waals surface area contributed by atoms with Crippen LogP contribution in [0, 0.1) is 13.8 Å². The van der Waals surface area contributed by atoms with Crippen LogP contribution in [0.3, 0.4) is 0 Å². The fourth-order valence-corrected chi connectivity index (χ4v) is 4.37. The van der Waals surface area contributed by atoms with Gasteiger partial charge in [-0.1, -0.05) is 26.0 Å². The number of nitrogens with zero attached hydrogens (tertiary/aromatic N) is 1. The lowest BCUT2D eigenvalue weighted by Crippen LogP contribution is -2.35. The summed E-state index contributed by atoms with van der Waals surface area (Å²) in [5, 5.41) is 5.66. The molecule has 126 valence electrons. The molecule has 2 aromatic carbocycles. The molecule has 0 saturated carbocycles. The second-order valence-corrected chi connectivity index (χ2v) is 8.15. The van der Waals surface area contributed by atoms with E-state index in [2.05, 4.69) is 74.2 Å². The van der Waals surface area contributed by atoms with E-state index in [9.17, 15) is 0 Å². The summed E-state index contributed by atoms with van der Waals surface area (Å²) < 4.78 is 12.2. The molecular weight excluding hydrogens is 322 g/mol. The van der Waals surface area contributed by atoms with Crippen molar-refractivity contribution in [1.82, 2.24) is 0 Å². The molecule has 2 heterocycles. The van der Waals surface area contributed by atoms with E-state index in [1.807, 2.05) is 6.92 Å². The Hall–Kier alpha value is -2.19. The maximum atomic E-state index is 8.67. The van der Waals surface area contributed by atoms with Gasteiger partial charge < -0.3 is 0 Å². The van der Waals surface area contributed by atoms with Crippen LogP contribution < -0.4 is 4.57 Å². The van der Waals surface area contributed by atoms with Gasteiger partial charge >= 0.3 is 0 Å². The predicted octanol–water partition coefficient (Wildman–Crippen LogP) is 6.29. The van der Waals surface area contributed by atoms with Crippen LogP contribution in [0.15, 0.2) is 47.8 Å². The summed E-state index contributed by atoms with van der Waals surface area (Å²) in [7, 11) is 2.08. The van der Waals surface area contributed by atoms with Crippen molar-refractivity contribution < 1.29 is 5.94 Å². The normalized spacial score (nSPS) is 12.3. The summed E-state index contributed by atoms with van der Waals surface area (Å²) in [6, 6.07) is 14.0. The lowest BCUT2D eigenvalue weighted by atomic mass is 9.94. The molecule has 25 heavy (non-hydrogen) atoms. The molecule has 4 aromatic rings. The van der Waals surface area contributed by atoms with Crippen LogP contribution in [-0.4, -0.2) is 0 Å². The van der Waals surface area contributed by atoms with Gasteiger partial charge in [-0.15, -0.1) is 11.3 Å². The zero-order valence-electron chi connectivity index (χ0n) is 16.5. The van der Waals surface area contributed by atoms with Crippen molar-refractivity contribution in [3.05, 3.63) is 64.6 Å². The summed E-state index contributed by atoms with van der Waals surface area (Å²) in [4.78, 5) is 0. The Morgan fingerprint density at radius 1 is 1.04 bits per heavy atom. The SMILES string of the molecule is [2H]c1c(C)[n+](C)c(-c2cc3sccc3cc2C)c2ccc(C(C)C)cc12. The third kappa shape index (κ3) is 2.65. The Kier molecular flexibility index (Phi) is 3.60. The number of rotatable bonds is 2. The van der Waals surface area contributed by atoms with Crippen molar-refractivity contribution in [3.63, 3.8) is 0 Å². The number of pyridine rings is 1. The van der Waals surface area contributed by atoms with Crippen molar-refractivity contribution in [2.45, 2.75) is 33.6 Å². The molecule has 0 unspecified atom stereocenters. The van der Waals surface area contributed by atoms with E-state index in [1.54, 1.807) is 11.3 Å². The minimum absolute atomic E-state index is 0.459. The third-order valence-corrected chi connectivity index (χ3v) is 6.05. The molecule has 0 N–H and O–H groups in total. The van der Waals surface area contributed by atoms with Crippen LogP contribution in [0.25, 0.3) is 32.1 Å². The average Bonchev–Trinajstić information content (AvgIpc) is 3.06. The summed E-state index contributed by atoms with van der Waals surface area (Å²) in [5.41, 5.74) is 6.03. The van der Waals surface area contributed by atoms with Crippen LogP contribution in [0.2, 0.25) is 0 Å². The Balaban J connectivity index is 2.12. The molecule has 1 nitrogen and oxygen atoms in total. The summed E-state index contributed by atoms with van der Waals surface area (Å²) in [5.74, 6) is 0.459. The topological polar surface area (TPSA) is 3.88 Å². The van der Waals surface area contributed by atoms with E-state index < -0.39 is 0 Å². The molecule has 0 amide bonds. The number of aryl methyl sites for hydroxylation is 1. The largest absolute Gasteiger partial charge is 0.220 e. The van der Waals surface area contributed by atoms with Gasteiger partial charge in [-0.25, -0.2) is 0 Å². The monoisotopic (exact) mass is 347 g/mol. The molecule has 0 aliphatic heterocycles. The average molecular weight is 348 g/mol. The highest BCUT2D eigenvalue weighted by Crippen LogP contribution is 2.34. The minimum atomic E-state index is 0.459. The first kappa shape index (κ1) is 15.1. The number of hydrogen-bond acceptors (Lipinski definition) is 1. The van der Waals surface area contributed by atoms with Crippen molar-refractivity contribution >= 4 is 32.2 Å². The minimum Gasteiger partial charge on any atom is -0.198 e. The lowest BCUT2D eigenvalue weighted by molar-refractivity contribution is -0.665. The Morgan fingerprint density at radius 2 is 1.84 bits per heavy atom. The van der Waals surface area contributed by atoms with Crippen LogP contribution >= 0.6 is 11.3 Å². The highest BCUT2D eigenvalue weighted by molar-refractivity contribution is 7.17. The fourth-order valence-electron chi connectivity index (χ4n) is 3.56. The number of hydrogen-bond donors (Lipinski definition) is 0. The molecule has 2 aromatic heterocycles. The third-order valence-electron chi connectivity index (χ3n) is 5.17. The van der Waals surface area contributed by atoms with Crippen molar-refractivity contribution in [2.24, 2.45) is 7.05 Å². The van der Waals surface area contributed by atoms with E-state index in [1.165, 1.54) is 32.5 Å². The molecular formula is C23H24NS+.